The maximum atomic E-state index is 13.2. The number of para-hydroxylation sites is 1. The van der Waals surface area contributed by atoms with E-state index in [0.29, 0.717) is 36.5 Å². The third-order valence-corrected chi connectivity index (χ3v) is 5.24. The molecule has 1 atom stereocenters. The number of amides is 1. The smallest absolute Gasteiger partial charge is 0.276 e. The minimum Gasteiger partial charge on any atom is -0.496 e. The predicted octanol–water partition coefficient (Wildman–Crippen LogP) is 1.48. The quantitative estimate of drug-likeness (QED) is 0.670. The second-order valence-corrected chi connectivity index (χ2v) is 6.86. The molecule has 0 radical (unpaired) electrons. The number of methoxy groups -OCH3 is 1. The van der Waals surface area contributed by atoms with Gasteiger partial charge in [0.15, 0.2) is 5.65 Å². The van der Waals surface area contributed by atoms with Gasteiger partial charge in [0.1, 0.15) is 5.75 Å². The Labute approximate surface area is 174 Å². The molecule has 1 aliphatic heterocycles. The summed E-state index contributed by atoms with van der Waals surface area (Å²) in [6, 6.07) is 9.30. The maximum Gasteiger partial charge on any atom is 0.276 e. The second kappa shape index (κ2) is 8.67. The first-order chi connectivity index (χ1) is 13.6. The Morgan fingerprint density at radius 1 is 1.31 bits per heavy atom. The summed E-state index contributed by atoms with van der Waals surface area (Å²) >= 11 is 0. The number of aryl methyl sites for hydroxylation is 1. The topological polar surface area (TPSA) is 91.7 Å². The van der Waals surface area contributed by atoms with Crippen LogP contribution in [-0.4, -0.2) is 52.1 Å². The summed E-state index contributed by atoms with van der Waals surface area (Å²) in [5, 5.41) is 6.19. The summed E-state index contributed by atoms with van der Waals surface area (Å²) in [5.74, 6) is 0.658. The van der Waals surface area contributed by atoms with Gasteiger partial charge in [-0.3, -0.25) is 14.7 Å². The van der Waals surface area contributed by atoms with Crippen molar-refractivity contribution in [3.8, 4) is 5.75 Å². The number of benzene rings is 1. The third kappa shape index (κ3) is 3.86. The van der Waals surface area contributed by atoms with E-state index < -0.39 is 0 Å². The fourth-order valence-electron chi connectivity index (χ4n) is 3.78. The Hall–Kier alpha value is -2.84. The van der Waals surface area contributed by atoms with Crippen molar-refractivity contribution in [2.24, 2.45) is 0 Å². The van der Waals surface area contributed by atoms with Crippen molar-refractivity contribution < 1.29 is 9.53 Å². The molecule has 0 spiro atoms. The molecule has 1 unspecified atom stereocenters. The molecule has 29 heavy (non-hydrogen) atoms. The molecule has 0 aliphatic carbocycles. The van der Waals surface area contributed by atoms with E-state index in [4.69, 9.17) is 4.74 Å². The largest absolute Gasteiger partial charge is 0.496 e. The van der Waals surface area contributed by atoms with Crippen molar-refractivity contribution in [2.75, 3.05) is 26.7 Å². The molecule has 0 bridgehead atoms. The first kappa shape index (κ1) is 20.9. The minimum absolute atomic E-state index is 0. The first-order valence-corrected chi connectivity index (χ1v) is 9.29. The van der Waals surface area contributed by atoms with Crippen LogP contribution in [0.2, 0.25) is 0 Å². The summed E-state index contributed by atoms with van der Waals surface area (Å²) in [5.41, 5.74) is 2.28. The van der Waals surface area contributed by atoms with Crippen LogP contribution in [0.3, 0.4) is 0 Å². The van der Waals surface area contributed by atoms with Gasteiger partial charge in [0.25, 0.3) is 5.56 Å². The predicted molar refractivity (Wildman–Crippen MR) is 112 cm³/mol. The van der Waals surface area contributed by atoms with Crippen LogP contribution in [0.5, 0.6) is 5.75 Å². The molecule has 0 saturated carbocycles. The molecule has 1 fully saturated rings. The van der Waals surface area contributed by atoms with Gasteiger partial charge >= 0.3 is 0 Å². The number of aromatic nitrogens is 3. The number of fused-ring (bicyclic) bond motifs is 1. The van der Waals surface area contributed by atoms with E-state index in [9.17, 15) is 9.59 Å². The number of carbonyl (C=O) groups excluding carboxylic acids is 1. The molecular weight excluding hydrogens is 394 g/mol. The lowest BCUT2D eigenvalue weighted by molar-refractivity contribution is -0.133. The highest BCUT2D eigenvalue weighted by atomic mass is 35.5. The van der Waals surface area contributed by atoms with Crippen molar-refractivity contribution in [3.05, 3.63) is 63.7 Å². The number of nitrogens with one attached hydrogen (secondary N) is 2. The molecule has 2 aromatic heterocycles. The molecule has 1 aromatic carbocycles. The fourth-order valence-corrected chi connectivity index (χ4v) is 3.78. The Kier molecular flexibility index (Phi) is 6.24. The molecule has 1 aliphatic rings. The van der Waals surface area contributed by atoms with E-state index in [1.807, 2.05) is 29.2 Å². The minimum atomic E-state index is -0.232. The lowest BCUT2D eigenvalue weighted by Crippen LogP contribution is -2.49. The molecule has 3 heterocycles. The Morgan fingerprint density at radius 2 is 2.10 bits per heavy atom. The van der Waals surface area contributed by atoms with Gasteiger partial charge in [-0.05, 0) is 13.0 Å². The van der Waals surface area contributed by atoms with Crippen molar-refractivity contribution in [1.82, 2.24) is 24.8 Å². The van der Waals surface area contributed by atoms with Crippen molar-refractivity contribution in [1.29, 1.82) is 0 Å². The maximum absolute atomic E-state index is 13.2. The zero-order valence-electron chi connectivity index (χ0n) is 16.3. The zero-order valence-corrected chi connectivity index (χ0v) is 17.2. The van der Waals surface area contributed by atoms with Crippen LogP contribution in [0.15, 0.2) is 41.3 Å². The number of hydrogen-bond donors (Lipinski definition) is 2. The van der Waals surface area contributed by atoms with E-state index in [1.165, 1.54) is 4.52 Å². The van der Waals surface area contributed by atoms with Gasteiger partial charge in [-0.15, -0.1) is 12.4 Å². The number of rotatable bonds is 4. The van der Waals surface area contributed by atoms with Gasteiger partial charge in [0.2, 0.25) is 5.91 Å². The standard InChI is InChI=1S/C20H23N5O3.ClH/c1-13-15(20(27)25-18(23-13)7-8-22-25)11-19(26)24-10-9-21-12-16(24)14-5-3-4-6-17(14)28-2;/h3-8,16,21-22H,9-12H2,1-2H3;1H. The van der Waals surface area contributed by atoms with Gasteiger partial charge in [-0.2, -0.15) is 0 Å². The first-order valence-electron chi connectivity index (χ1n) is 9.29. The molecule has 9 heteroatoms. The summed E-state index contributed by atoms with van der Waals surface area (Å²) in [7, 11) is 1.63. The Balaban J connectivity index is 0.00000240. The van der Waals surface area contributed by atoms with Crippen LogP contribution in [0.25, 0.3) is 5.65 Å². The highest BCUT2D eigenvalue weighted by Crippen LogP contribution is 2.30. The van der Waals surface area contributed by atoms with Crippen molar-refractivity contribution >= 4 is 24.0 Å². The Morgan fingerprint density at radius 3 is 2.90 bits per heavy atom. The number of carbonyl (C=O) groups is 1. The molecule has 4 rings (SSSR count). The van der Waals surface area contributed by atoms with E-state index >= 15 is 0 Å². The van der Waals surface area contributed by atoms with Crippen molar-refractivity contribution in [3.63, 3.8) is 0 Å². The second-order valence-electron chi connectivity index (χ2n) is 6.86. The van der Waals surface area contributed by atoms with Crippen LogP contribution in [0, 0.1) is 6.92 Å². The number of H-pyrrole nitrogens is 1. The Bertz CT molecular complexity index is 1080. The normalized spacial score (nSPS) is 16.5. The fraction of sp³-hybridized carbons (Fsp3) is 0.350. The number of halogens is 1. The van der Waals surface area contributed by atoms with Crippen LogP contribution in [0.1, 0.15) is 22.9 Å². The third-order valence-electron chi connectivity index (χ3n) is 5.24. The number of ether oxygens (including phenoxy) is 1. The summed E-state index contributed by atoms with van der Waals surface area (Å²) in [6.45, 7) is 3.69. The van der Waals surface area contributed by atoms with Crippen LogP contribution < -0.4 is 15.6 Å². The molecule has 8 nitrogen and oxygen atoms in total. The lowest BCUT2D eigenvalue weighted by atomic mass is 10.0. The highest BCUT2D eigenvalue weighted by Gasteiger charge is 2.30. The average Bonchev–Trinajstić information content (AvgIpc) is 3.19. The van der Waals surface area contributed by atoms with Crippen LogP contribution in [0.4, 0.5) is 0 Å². The molecule has 154 valence electrons. The van der Waals surface area contributed by atoms with Gasteiger partial charge in [-0.1, -0.05) is 18.2 Å². The van der Waals surface area contributed by atoms with Crippen LogP contribution >= 0.6 is 12.4 Å². The zero-order chi connectivity index (χ0) is 19.7. The monoisotopic (exact) mass is 417 g/mol. The summed E-state index contributed by atoms with van der Waals surface area (Å²) < 4.78 is 6.86. The van der Waals surface area contributed by atoms with Gasteiger partial charge in [0, 0.05) is 48.7 Å². The van der Waals surface area contributed by atoms with E-state index in [-0.39, 0.29) is 36.3 Å². The van der Waals surface area contributed by atoms with E-state index in [2.05, 4.69) is 15.4 Å². The van der Waals surface area contributed by atoms with E-state index in [0.717, 1.165) is 11.3 Å². The highest BCUT2D eigenvalue weighted by molar-refractivity contribution is 5.85. The molecule has 1 saturated heterocycles. The summed E-state index contributed by atoms with van der Waals surface area (Å²) in [4.78, 5) is 32.2. The van der Waals surface area contributed by atoms with Crippen molar-refractivity contribution in [2.45, 2.75) is 19.4 Å². The number of aromatic amines is 1. The molecular formula is C20H24ClN5O3. The number of hydrogen-bond acceptors (Lipinski definition) is 5. The number of piperazine rings is 1. The molecule has 1 amide bonds. The van der Waals surface area contributed by atoms with E-state index in [1.54, 1.807) is 26.3 Å². The average molecular weight is 418 g/mol. The number of nitrogens with zero attached hydrogens (tertiary/aromatic N) is 3. The van der Waals surface area contributed by atoms with Crippen LogP contribution in [-0.2, 0) is 11.2 Å². The molecule has 2 N–H and O–H groups in total. The van der Waals surface area contributed by atoms with Gasteiger partial charge in [0.05, 0.1) is 19.6 Å². The lowest BCUT2D eigenvalue weighted by Gasteiger charge is -2.37. The molecule has 3 aromatic rings. The SMILES string of the molecule is COc1ccccc1C1CNCCN1C(=O)Cc1c(C)nc2cc[nH]n2c1=O.Cl. The summed E-state index contributed by atoms with van der Waals surface area (Å²) in [6.07, 6.45) is 1.67. The van der Waals surface area contributed by atoms with Gasteiger partial charge in [-0.25, -0.2) is 9.50 Å². The van der Waals surface area contributed by atoms with Gasteiger partial charge < -0.3 is 15.0 Å².